The normalized spacial score (nSPS) is 15.5. The van der Waals surface area contributed by atoms with Crippen molar-refractivity contribution in [1.29, 1.82) is 0 Å². The van der Waals surface area contributed by atoms with Gasteiger partial charge in [-0.15, -0.1) is 0 Å². The van der Waals surface area contributed by atoms with Crippen LogP contribution >= 0.6 is 0 Å². The number of rotatable bonds is 0. The fourth-order valence-electron chi connectivity index (χ4n) is 2.94. The zero-order chi connectivity index (χ0) is 12.2. The Morgan fingerprint density at radius 1 is 1.00 bits per heavy atom. The minimum Gasteiger partial charge on any atom is -0.207 e. The standard InChI is InChI=1S/C15H15FSi/c1-10-7-8-14-12(9-10)11-5-4-6-13(16)15(11)17(14,2)3/h4-9H,1-3H3. The van der Waals surface area contributed by atoms with E-state index in [9.17, 15) is 4.39 Å². The zero-order valence-electron chi connectivity index (χ0n) is 10.3. The maximum absolute atomic E-state index is 14.1. The molecular formula is C15H15FSi. The summed E-state index contributed by atoms with van der Waals surface area (Å²) in [6, 6.07) is 12.0. The van der Waals surface area contributed by atoms with E-state index < -0.39 is 8.07 Å². The molecule has 0 spiro atoms. The molecule has 17 heavy (non-hydrogen) atoms. The summed E-state index contributed by atoms with van der Waals surface area (Å²) in [4.78, 5) is 0. The Morgan fingerprint density at radius 3 is 2.53 bits per heavy atom. The van der Waals surface area contributed by atoms with Crippen molar-refractivity contribution in [2.24, 2.45) is 0 Å². The lowest BCUT2D eigenvalue weighted by Gasteiger charge is -2.19. The highest BCUT2D eigenvalue weighted by atomic mass is 28.3. The minimum absolute atomic E-state index is 0.0342. The van der Waals surface area contributed by atoms with E-state index in [0.29, 0.717) is 0 Å². The molecule has 0 fully saturated rings. The van der Waals surface area contributed by atoms with Gasteiger partial charge in [0.1, 0.15) is 13.9 Å². The van der Waals surface area contributed by atoms with Crippen LogP contribution in [-0.4, -0.2) is 8.07 Å². The van der Waals surface area contributed by atoms with Crippen molar-refractivity contribution in [3.63, 3.8) is 0 Å². The lowest BCUT2D eigenvalue weighted by molar-refractivity contribution is 0.636. The third-order valence-corrected chi connectivity index (χ3v) is 7.32. The Morgan fingerprint density at radius 2 is 1.76 bits per heavy atom. The number of benzene rings is 2. The van der Waals surface area contributed by atoms with Gasteiger partial charge in [-0.2, -0.15) is 0 Å². The van der Waals surface area contributed by atoms with Crippen molar-refractivity contribution < 1.29 is 4.39 Å². The van der Waals surface area contributed by atoms with Gasteiger partial charge in [0.25, 0.3) is 0 Å². The average Bonchev–Trinajstić information content (AvgIpc) is 2.49. The third-order valence-electron chi connectivity index (χ3n) is 3.78. The molecule has 0 atom stereocenters. The van der Waals surface area contributed by atoms with Gasteiger partial charge in [-0.05, 0) is 34.5 Å². The highest BCUT2D eigenvalue weighted by Gasteiger charge is 2.39. The van der Waals surface area contributed by atoms with Gasteiger partial charge in [0.15, 0.2) is 0 Å². The van der Waals surface area contributed by atoms with Crippen LogP contribution in [0.15, 0.2) is 36.4 Å². The topological polar surface area (TPSA) is 0 Å². The van der Waals surface area contributed by atoms with E-state index in [1.54, 1.807) is 6.07 Å². The summed E-state index contributed by atoms with van der Waals surface area (Å²) in [5, 5.41) is 2.34. The lowest BCUT2D eigenvalue weighted by atomic mass is 10.0. The van der Waals surface area contributed by atoms with Gasteiger partial charge in [0, 0.05) is 0 Å². The highest BCUT2D eigenvalue weighted by Crippen LogP contribution is 2.29. The Labute approximate surface area is 102 Å². The molecule has 0 bridgehead atoms. The van der Waals surface area contributed by atoms with Crippen LogP contribution in [0.1, 0.15) is 5.56 Å². The van der Waals surface area contributed by atoms with Crippen molar-refractivity contribution in [2.45, 2.75) is 20.0 Å². The fourth-order valence-corrected chi connectivity index (χ4v) is 6.17. The van der Waals surface area contributed by atoms with E-state index in [0.717, 1.165) is 10.8 Å². The number of fused-ring (bicyclic) bond motifs is 3. The van der Waals surface area contributed by atoms with Crippen LogP contribution in [0, 0.1) is 12.7 Å². The molecule has 0 aromatic heterocycles. The molecule has 1 aliphatic rings. The van der Waals surface area contributed by atoms with Crippen molar-refractivity contribution >= 4 is 18.4 Å². The second kappa shape index (κ2) is 3.30. The van der Waals surface area contributed by atoms with E-state index >= 15 is 0 Å². The van der Waals surface area contributed by atoms with Gasteiger partial charge < -0.3 is 0 Å². The monoisotopic (exact) mass is 242 g/mol. The van der Waals surface area contributed by atoms with Crippen LogP contribution in [0.4, 0.5) is 4.39 Å². The summed E-state index contributed by atoms with van der Waals surface area (Å²) in [5.41, 5.74) is 3.60. The smallest absolute Gasteiger partial charge is 0.123 e. The van der Waals surface area contributed by atoms with E-state index in [1.165, 1.54) is 16.3 Å². The van der Waals surface area contributed by atoms with Gasteiger partial charge in [-0.3, -0.25) is 0 Å². The molecule has 0 N–H and O–H groups in total. The molecule has 0 aliphatic carbocycles. The molecule has 0 saturated heterocycles. The van der Waals surface area contributed by atoms with Crippen molar-refractivity contribution in [3.05, 3.63) is 47.8 Å². The maximum atomic E-state index is 14.1. The molecule has 86 valence electrons. The molecule has 1 aliphatic heterocycles. The Balaban J connectivity index is 2.43. The Bertz CT molecular complexity index is 614. The van der Waals surface area contributed by atoms with E-state index in [-0.39, 0.29) is 5.82 Å². The van der Waals surface area contributed by atoms with Crippen LogP contribution < -0.4 is 10.4 Å². The maximum Gasteiger partial charge on any atom is 0.123 e. The Hall–Kier alpha value is -1.41. The summed E-state index contributed by atoms with van der Waals surface area (Å²) in [7, 11) is -1.82. The predicted molar refractivity (Wildman–Crippen MR) is 73.3 cm³/mol. The second-order valence-corrected chi connectivity index (χ2v) is 9.63. The summed E-state index contributed by atoms with van der Waals surface area (Å²) < 4.78 is 14.1. The first kappa shape index (κ1) is 10.7. The first-order valence-corrected chi connectivity index (χ1v) is 8.92. The van der Waals surface area contributed by atoms with E-state index in [2.05, 4.69) is 44.3 Å². The number of aryl methyl sites for hydroxylation is 1. The third kappa shape index (κ3) is 1.34. The van der Waals surface area contributed by atoms with Crippen LogP contribution in [0.3, 0.4) is 0 Å². The van der Waals surface area contributed by atoms with Crippen LogP contribution in [0.25, 0.3) is 11.1 Å². The SMILES string of the molecule is Cc1ccc2c(c1)-c1cccc(F)c1[Si]2(C)C. The quantitative estimate of drug-likeness (QED) is 0.623. The number of hydrogen-bond donors (Lipinski definition) is 0. The molecule has 0 unspecified atom stereocenters. The average molecular weight is 242 g/mol. The van der Waals surface area contributed by atoms with Gasteiger partial charge in [-0.1, -0.05) is 49.0 Å². The first-order chi connectivity index (χ1) is 8.01. The summed E-state index contributed by atoms with van der Waals surface area (Å²) >= 11 is 0. The minimum atomic E-state index is -1.82. The van der Waals surface area contributed by atoms with Gasteiger partial charge in [0.2, 0.25) is 0 Å². The zero-order valence-corrected chi connectivity index (χ0v) is 11.3. The summed E-state index contributed by atoms with van der Waals surface area (Å²) in [6.07, 6.45) is 0. The van der Waals surface area contributed by atoms with E-state index in [4.69, 9.17) is 0 Å². The fraction of sp³-hybridized carbons (Fsp3) is 0.200. The molecule has 0 radical (unpaired) electrons. The van der Waals surface area contributed by atoms with Crippen LogP contribution in [-0.2, 0) is 0 Å². The van der Waals surface area contributed by atoms with Gasteiger partial charge >= 0.3 is 0 Å². The molecule has 0 saturated carbocycles. The summed E-state index contributed by atoms with van der Waals surface area (Å²) in [6.45, 7) is 6.55. The van der Waals surface area contributed by atoms with Gasteiger partial charge in [0.05, 0.1) is 0 Å². The molecule has 0 nitrogen and oxygen atoms in total. The van der Waals surface area contributed by atoms with Crippen LogP contribution in [0.5, 0.6) is 0 Å². The molecule has 2 aromatic carbocycles. The molecule has 2 heteroatoms. The lowest BCUT2D eigenvalue weighted by Crippen LogP contribution is -2.50. The first-order valence-electron chi connectivity index (χ1n) is 5.92. The van der Waals surface area contributed by atoms with Crippen molar-refractivity contribution in [2.75, 3.05) is 0 Å². The largest absolute Gasteiger partial charge is 0.207 e. The van der Waals surface area contributed by atoms with Gasteiger partial charge in [-0.25, -0.2) is 4.39 Å². The molecule has 0 amide bonds. The van der Waals surface area contributed by atoms with Crippen molar-refractivity contribution in [1.82, 2.24) is 0 Å². The Kier molecular flexibility index (Phi) is 2.08. The number of hydrogen-bond acceptors (Lipinski definition) is 0. The molecule has 3 rings (SSSR count). The number of halogens is 1. The second-order valence-electron chi connectivity index (χ2n) is 5.34. The van der Waals surface area contributed by atoms with Crippen molar-refractivity contribution in [3.8, 4) is 11.1 Å². The molecular weight excluding hydrogens is 227 g/mol. The molecule has 2 aromatic rings. The summed E-state index contributed by atoms with van der Waals surface area (Å²) in [5.74, 6) is -0.0342. The predicted octanol–water partition coefficient (Wildman–Crippen LogP) is 2.94. The van der Waals surface area contributed by atoms with Crippen LogP contribution in [0.2, 0.25) is 13.1 Å². The highest BCUT2D eigenvalue weighted by molar-refractivity contribution is 7.03. The van der Waals surface area contributed by atoms with E-state index in [1.807, 2.05) is 6.07 Å². The molecule has 1 heterocycles.